The number of benzene rings is 2. The molecule has 0 radical (unpaired) electrons. The van der Waals surface area contributed by atoms with Crippen molar-refractivity contribution in [3.63, 3.8) is 0 Å². The van der Waals surface area contributed by atoms with Crippen molar-refractivity contribution in [2.24, 2.45) is 5.73 Å². The zero-order valence-corrected chi connectivity index (χ0v) is 10.6. The molecule has 2 N–H and O–H groups in total. The molecule has 0 unspecified atom stereocenters. The van der Waals surface area contributed by atoms with Crippen LogP contribution in [0.2, 0.25) is 0 Å². The summed E-state index contributed by atoms with van der Waals surface area (Å²) in [5, 5.41) is 8.70. The van der Waals surface area contributed by atoms with Gasteiger partial charge in [0.25, 0.3) is 0 Å². The van der Waals surface area contributed by atoms with E-state index in [0.29, 0.717) is 17.1 Å². The number of carbonyl (C=O) groups excluding carboxylic acids is 1. The topological polar surface area (TPSA) is 85.3 Å². The van der Waals surface area contributed by atoms with Gasteiger partial charge in [0.1, 0.15) is 18.1 Å². The van der Waals surface area contributed by atoms with Crippen LogP contribution in [0.1, 0.15) is 11.1 Å². The summed E-state index contributed by atoms with van der Waals surface area (Å²) in [6.45, 7) is 0.131. The van der Waals surface area contributed by atoms with Crippen LogP contribution in [0.15, 0.2) is 48.5 Å². The van der Waals surface area contributed by atoms with Crippen LogP contribution in [0.3, 0.4) is 0 Å². The van der Waals surface area contributed by atoms with Crippen LogP contribution in [0.4, 0.5) is 4.79 Å². The minimum Gasteiger partial charge on any atom is -0.457 e. The van der Waals surface area contributed by atoms with E-state index in [2.05, 4.69) is 4.74 Å². The molecule has 0 aliphatic rings. The lowest BCUT2D eigenvalue weighted by molar-refractivity contribution is 0.150. The molecule has 0 heterocycles. The predicted octanol–water partition coefficient (Wildman–Crippen LogP) is 2.95. The fourth-order valence-corrected chi connectivity index (χ4v) is 1.54. The van der Waals surface area contributed by atoms with E-state index >= 15 is 0 Å². The van der Waals surface area contributed by atoms with Crippen LogP contribution < -0.4 is 10.5 Å². The number of hydrogen-bond donors (Lipinski definition) is 1. The van der Waals surface area contributed by atoms with Gasteiger partial charge in [-0.05, 0) is 42.0 Å². The van der Waals surface area contributed by atoms with E-state index in [1.807, 2.05) is 6.07 Å². The lowest BCUT2D eigenvalue weighted by Gasteiger charge is -2.07. The van der Waals surface area contributed by atoms with Crippen LogP contribution in [0.25, 0.3) is 0 Å². The van der Waals surface area contributed by atoms with Crippen LogP contribution in [0.5, 0.6) is 11.5 Å². The molecular weight excluding hydrogens is 256 g/mol. The summed E-state index contributed by atoms with van der Waals surface area (Å²) < 4.78 is 10.3. The third-order valence-electron chi connectivity index (χ3n) is 2.52. The number of ether oxygens (including phenoxy) is 2. The van der Waals surface area contributed by atoms with Crippen LogP contribution >= 0.6 is 0 Å². The number of nitrogens with zero attached hydrogens (tertiary/aromatic N) is 1. The van der Waals surface area contributed by atoms with Crippen molar-refractivity contribution in [1.82, 2.24) is 0 Å². The van der Waals surface area contributed by atoms with Crippen molar-refractivity contribution >= 4 is 6.09 Å². The predicted molar refractivity (Wildman–Crippen MR) is 72.0 cm³/mol. The first-order valence-electron chi connectivity index (χ1n) is 5.86. The Morgan fingerprint density at radius 2 is 1.60 bits per heavy atom. The van der Waals surface area contributed by atoms with E-state index in [-0.39, 0.29) is 6.61 Å². The van der Waals surface area contributed by atoms with Gasteiger partial charge in [-0.3, -0.25) is 0 Å². The van der Waals surface area contributed by atoms with Gasteiger partial charge >= 0.3 is 6.09 Å². The number of rotatable bonds is 4. The second kappa shape index (κ2) is 6.25. The van der Waals surface area contributed by atoms with Gasteiger partial charge in [-0.2, -0.15) is 5.26 Å². The highest BCUT2D eigenvalue weighted by Gasteiger charge is 2.00. The molecule has 5 heteroatoms. The Morgan fingerprint density at radius 3 is 2.10 bits per heavy atom. The first-order valence-corrected chi connectivity index (χ1v) is 5.86. The summed E-state index contributed by atoms with van der Waals surface area (Å²) in [5.74, 6) is 1.29. The van der Waals surface area contributed by atoms with E-state index in [4.69, 9.17) is 15.7 Å². The molecule has 100 valence electrons. The Bertz CT molecular complexity index is 628. The number of nitrogens with two attached hydrogens (primary N) is 1. The first-order chi connectivity index (χ1) is 9.67. The van der Waals surface area contributed by atoms with Gasteiger partial charge in [0.15, 0.2) is 0 Å². The summed E-state index contributed by atoms with van der Waals surface area (Å²) in [6, 6.07) is 15.9. The molecule has 2 rings (SSSR count). The fourth-order valence-electron chi connectivity index (χ4n) is 1.54. The highest BCUT2D eigenvalue weighted by atomic mass is 16.5. The van der Waals surface area contributed by atoms with Gasteiger partial charge in [0.05, 0.1) is 11.6 Å². The Labute approximate surface area is 116 Å². The van der Waals surface area contributed by atoms with Gasteiger partial charge in [-0.15, -0.1) is 0 Å². The van der Waals surface area contributed by atoms with Crippen LogP contribution in [-0.4, -0.2) is 6.09 Å². The average Bonchev–Trinajstić information content (AvgIpc) is 2.47. The molecule has 0 atom stereocenters. The standard InChI is InChI=1S/C15H12N2O3/c16-9-11-1-5-13(6-2-11)20-14-7-3-12(4-8-14)10-19-15(17)18/h1-8H,10H2,(H2,17,18). The lowest BCUT2D eigenvalue weighted by Crippen LogP contribution is -2.12. The molecule has 20 heavy (non-hydrogen) atoms. The molecule has 5 nitrogen and oxygen atoms in total. The van der Waals surface area contributed by atoms with E-state index < -0.39 is 6.09 Å². The average molecular weight is 268 g/mol. The van der Waals surface area contributed by atoms with E-state index in [1.165, 1.54) is 0 Å². The first kappa shape index (κ1) is 13.4. The van der Waals surface area contributed by atoms with Gasteiger partial charge < -0.3 is 15.2 Å². The van der Waals surface area contributed by atoms with Gasteiger partial charge in [-0.25, -0.2) is 4.79 Å². The molecule has 0 fully saturated rings. The van der Waals surface area contributed by atoms with Crippen molar-refractivity contribution in [2.75, 3.05) is 0 Å². The Hall–Kier alpha value is -3.00. The molecule has 0 saturated carbocycles. The maximum atomic E-state index is 10.5. The number of carbonyl (C=O) groups is 1. The molecular formula is C15H12N2O3. The molecule has 0 saturated heterocycles. The van der Waals surface area contributed by atoms with Crippen molar-refractivity contribution in [3.8, 4) is 17.6 Å². The Morgan fingerprint density at radius 1 is 1.05 bits per heavy atom. The quantitative estimate of drug-likeness (QED) is 0.923. The van der Waals surface area contributed by atoms with Crippen molar-refractivity contribution in [1.29, 1.82) is 5.26 Å². The summed E-state index contributed by atoms with van der Waals surface area (Å²) in [6.07, 6.45) is -0.803. The number of primary amides is 1. The molecule has 2 aromatic carbocycles. The highest BCUT2D eigenvalue weighted by Crippen LogP contribution is 2.22. The van der Waals surface area contributed by atoms with E-state index in [1.54, 1.807) is 48.5 Å². The third-order valence-corrected chi connectivity index (χ3v) is 2.52. The zero-order chi connectivity index (χ0) is 14.4. The smallest absolute Gasteiger partial charge is 0.404 e. The molecule has 1 amide bonds. The summed E-state index contributed by atoms with van der Waals surface area (Å²) >= 11 is 0. The zero-order valence-electron chi connectivity index (χ0n) is 10.6. The SMILES string of the molecule is N#Cc1ccc(Oc2ccc(COC(N)=O)cc2)cc1. The molecule has 2 aromatic rings. The van der Waals surface area contributed by atoms with Gasteiger partial charge in [0, 0.05) is 0 Å². The molecule has 0 aromatic heterocycles. The normalized spacial score (nSPS) is 9.55. The van der Waals surface area contributed by atoms with Crippen molar-refractivity contribution in [2.45, 2.75) is 6.61 Å². The fraction of sp³-hybridized carbons (Fsp3) is 0.0667. The van der Waals surface area contributed by atoms with Crippen LogP contribution in [0, 0.1) is 11.3 Å². The molecule has 0 bridgehead atoms. The van der Waals surface area contributed by atoms with E-state index in [0.717, 1.165) is 5.56 Å². The Balaban J connectivity index is 1.99. The van der Waals surface area contributed by atoms with Crippen molar-refractivity contribution in [3.05, 3.63) is 59.7 Å². The third kappa shape index (κ3) is 3.75. The highest BCUT2D eigenvalue weighted by molar-refractivity contribution is 5.64. The number of amides is 1. The largest absolute Gasteiger partial charge is 0.457 e. The summed E-state index contributed by atoms with van der Waals surface area (Å²) in [4.78, 5) is 10.5. The monoisotopic (exact) mass is 268 g/mol. The molecule has 0 aliphatic carbocycles. The van der Waals surface area contributed by atoms with Crippen molar-refractivity contribution < 1.29 is 14.3 Å². The number of nitriles is 1. The summed E-state index contributed by atoms with van der Waals surface area (Å²) in [5.41, 5.74) is 6.28. The minimum atomic E-state index is -0.803. The second-order valence-electron chi connectivity index (χ2n) is 3.99. The Kier molecular flexibility index (Phi) is 4.20. The van der Waals surface area contributed by atoms with Crippen LogP contribution in [-0.2, 0) is 11.3 Å². The lowest BCUT2D eigenvalue weighted by atomic mass is 10.2. The number of hydrogen-bond acceptors (Lipinski definition) is 4. The molecule has 0 aliphatic heterocycles. The van der Waals surface area contributed by atoms with E-state index in [9.17, 15) is 4.79 Å². The maximum Gasteiger partial charge on any atom is 0.404 e. The van der Waals surface area contributed by atoms with Gasteiger partial charge in [-0.1, -0.05) is 12.1 Å². The summed E-state index contributed by atoms with van der Waals surface area (Å²) in [7, 11) is 0. The minimum absolute atomic E-state index is 0.131. The second-order valence-corrected chi connectivity index (χ2v) is 3.99. The maximum absolute atomic E-state index is 10.5. The molecule has 0 spiro atoms. The van der Waals surface area contributed by atoms with Gasteiger partial charge in [0.2, 0.25) is 0 Å².